The fraction of sp³-hybridized carbons (Fsp3) is 0.538. The van der Waals surface area contributed by atoms with E-state index in [9.17, 15) is 13.5 Å². The largest absolute Gasteiger partial charge is 0.392 e. The lowest BCUT2D eigenvalue weighted by Gasteiger charge is -2.18. The fourth-order valence-electron chi connectivity index (χ4n) is 2.26. The summed E-state index contributed by atoms with van der Waals surface area (Å²) in [4.78, 5) is 1.24. The van der Waals surface area contributed by atoms with E-state index in [1.165, 1.54) is 16.7 Å². The van der Waals surface area contributed by atoms with Crippen molar-refractivity contribution >= 4 is 21.6 Å². The fourth-order valence-corrected chi connectivity index (χ4v) is 4.27. The van der Waals surface area contributed by atoms with Gasteiger partial charge in [-0.05, 0) is 24.5 Å². The molecular formula is C13H18O3S2. The van der Waals surface area contributed by atoms with E-state index in [1.807, 2.05) is 12.1 Å². The van der Waals surface area contributed by atoms with Crippen LogP contribution in [0.5, 0.6) is 0 Å². The molecule has 5 heteroatoms. The van der Waals surface area contributed by atoms with Gasteiger partial charge in [0.2, 0.25) is 0 Å². The minimum atomic E-state index is -2.92. The van der Waals surface area contributed by atoms with Crippen LogP contribution in [-0.2, 0) is 9.84 Å². The van der Waals surface area contributed by atoms with Crippen molar-refractivity contribution in [2.45, 2.75) is 29.8 Å². The van der Waals surface area contributed by atoms with Crippen LogP contribution in [0.3, 0.4) is 0 Å². The molecule has 0 aromatic heterocycles. The molecule has 0 spiro atoms. The minimum Gasteiger partial charge on any atom is -0.392 e. The van der Waals surface area contributed by atoms with Gasteiger partial charge in [-0.1, -0.05) is 18.2 Å². The van der Waals surface area contributed by atoms with Crippen LogP contribution in [0.15, 0.2) is 29.2 Å². The quantitative estimate of drug-likeness (QED) is 0.900. The number of hydrogen-bond acceptors (Lipinski definition) is 4. The summed E-state index contributed by atoms with van der Waals surface area (Å²) in [6.45, 7) is 0. The average molecular weight is 286 g/mol. The topological polar surface area (TPSA) is 54.4 Å². The average Bonchev–Trinajstić information content (AvgIpc) is 2.70. The van der Waals surface area contributed by atoms with Crippen LogP contribution in [0.4, 0.5) is 0 Å². The van der Waals surface area contributed by atoms with Gasteiger partial charge < -0.3 is 5.11 Å². The predicted molar refractivity (Wildman–Crippen MR) is 74.9 cm³/mol. The standard InChI is InChI=1S/C13H18O3S2/c1-18(15,16)8-4-6-12(14)11-9-17-13-7-3-2-5-10(11)13/h2-3,5,7,11-12,14H,4,6,8-9H2,1H3. The van der Waals surface area contributed by atoms with Crippen molar-refractivity contribution in [3.8, 4) is 0 Å². The zero-order chi connectivity index (χ0) is 13.2. The molecule has 0 amide bonds. The smallest absolute Gasteiger partial charge is 0.147 e. The molecule has 1 aliphatic rings. The van der Waals surface area contributed by atoms with Crippen LogP contribution in [0.2, 0.25) is 0 Å². The van der Waals surface area contributed by atoms with E-state index in [0.717, 1.165) is 5.75 Å². The molecule has 100 valence electrons. The number of aliphatic hydroxyl groups excluding tert-OH is 1. The second kappa shape index (κ2) is 5.63. The van der Waals surface area contributed by atoms with Crippen molar-refractivity contribution in [1.29, 1.82) is 0 Å². The third-order valence-electron chi connectivity index (χ3n) is 3.22. The summed E-state index contributed by atoms with van der Waals surface area (Å²) in [7, 11) is -2.92. The summed E-state index contributed by atoms with van der Waals surface area (Å²) in [6.07, 6.45) is 1.87. The van der Waals surface area contributed by atoms with Crippen LogP contribution in [-0.4, -0.2) is 37.4 Å². The molecule has 0 saturated carbocycles. The van der Waals surface area contributed by atoms with Gasteiger partial charge in [-0.2, -0.15) is 0 Å². The number of benzene rings is 1. The molecule has 2 atom stereocenters. The monoisotopic (exact) mass is 286 g/mol. The number of thioether (sulfide) groups is 1. The molecule has 1 aromatic carbocycles. The summed E-state index contributed by atoms with van der Waals surface area (Å²) >= 11 is 1.77. The molecule has 0 fully saturated rings. The predicted octanol–water partition coefficient (Wildman–Crippen LogP) is 2.06. The Morgan fingerprint density at radius 1 is 1.44 bits per heavy atom. The Balaban J connectivity index is 1.93. The molecular weight excluding hydrogens is 268 g/mol. The number of hydrogen-bond donors (Lipinski definition) is 1. The molecule has 18 heavy (non-hydrogen) atoms. The molecule has 0 bridgehead atoms. The normalized spacial score (nSPS) is 20.7. The number of rotatable bonds is 5. The van der Waals surface area contributed by atoms with Gasteiger partial charge in [0.25, 0.3) is 0 Å². The first kappa shape index (κ1) is 13.9. The Labute approximate surface area is 113 Å². The van der Waals surface area contributed by atoms with Gasteiger partial charge in [-0.25, -0.2) is 8.42 Å². The highest BCUT2D eigenvalue weighted by Gasteiger charge is 2.28. The maximum Gasteiger partial charge on any atom is 0.147 e. The lowest BCUT2D eigenvalue weighted by atomic mass is 9.93. The van der Waals surface area contributed by atoms with E-state index >= 15 is 0 Å². The van der Waals surface area contributed by atoms with Gasteiger partial charge in [0.05, 0.1) is 6.10 Å². The summed E-state index contributed by atoms with van der Waals surface area (Å²) in [5, 5.41) is 10.2. The molecule has 1 N–H and O–H groups in total. The minimum absolute atomic E-state index is 0.144. The van der Waals surface area contributed by atoms with Gasteiger partial charge >= 0.3 is 0 Å². The van der Waals surface area contributed by atoms with Crippen LogP contribution >= 0.6 is 11.8 Å². The Hall–Kier alpha value is -0.520. The first-order valence-electron chi connectivity index (χ1n) is 6.05. The van der Waals surface area contributed by atoms with Gasteiger partial charge in [-0.15, -0.1) is 11.8 Å². The number of sulfone groups is 1. The maximum atomic E-state index is 11.0. The van der Waals surface area contributed by atoms with E-state index in [2.05, 4.69) is 12.1 Å². The number of fused-ring (bicyclic) bond motifs is 1. The zero-order valence-corrected chi connectivity index (χ0v) is 12.0. The zero-order valence-electron chi connectivity index (χ0n) is 10.4. The van der Waals surface area contributed by atoms with E-state index in [1.54, 1.807) is 11.8 Å². The Morgan fingerprint density at radius 2 is 2.17 bits per heavy atom. The summed E-state index contributed by atoms with van der Waals surface area (Å²) in [5.41, 5.74) is 1.20. The highest BCUT2D eigenvalue weighted by atomic mass is 32.2. The van der Waals surface area contributed by atoms with E-state index in [4.69, 9.17) is 0 Å². The van der Waals surface area contributed by atoms with Crippen molar-refractivity contribution in [3.63, 3.8) is 0 Å². The first-order chi connectivity index (χ1) is 8.47. The molecule has 0 saturated heterocycles. The second-order valence-electron chi connectivity index (χ2n) is 4.79. The van der Waals surface area contributed by atoms with Crippen LogP contribution in [0, 0.1) is 0 Å². The van der Waals surface area contributed by atoms with Crippen molar-refractivity contribution in [2.24, 2.45) is 0 Å². The van der Waals surface area contributed by atoms with Gasteiger partial charge in [0.1, 0.15) is 9.84 Å². The number of aliphatic hydroxyl groups is 1. The third kappa shape index (κ3) is 3.49. The van der Waals surface area contributed by atoms with Crippen molar-refractivity contribution in [3.05, 3.63) is 29.8 Å². The SMILES string of the molecule is CS(=O)(=O)CCCC(O)C1CSc2ccccc21. The van der Waals surface area contributed by atoms with E-state index in [0.29, 0.717) is 12.8 Å². The van der Waals surface area contributed by atoms with Crippen molar-refractivity contribution in [1.82, 2.24) is 0 Å². The lowest BCUT2D eigenvalue weighted by Crippen LogP contribution is -2.19. The summed E-state index contributed by atoms with van der Waals surface area (Å²) < 4.78 is 22.1. The summed E-state index contributed by atoms with van der Waals surface area (Å²) in [6, 6.07) is 8.12. The maximum absolute atomic E-state index is 11.0. The lowest BCUT2D eigenvalue weighted by molar-refractivity contribution is 0.141. The van der Waals surface area contributed by atoms with Crippen molar-refractivity contribution in [2.75, 3.05) is 17.8 Å². The third-order valence-corrected chi connectivity index (χ3v) is 5.46. The Morgan fingerprint density at radius 3 is 2.89 bits per heavy atom. The van der Waals surface area contributed by atoms with Gasteiger partial charge in [0.15, 0.2) is 0 Å². The highest BCUT2D eigenvalue weighted by Crippen LogP contribution is 2.41. The molecule has 2 rings (SSSR count). The Kier molecular flexibility index (Phi) is 4.35. The van der Waals surface area contributed by atoms with Crippen LogP contribution < -0.4 is 0 Å². The summed E-state index contributed by atoms with van der Waals surface area (Å²) in [5.74, 6) is 1.19. The second-order valence-corrected chi connectivity index (χ2v) is 8.12. The molecule has 1 aliphatic heterocycles. The molecule has 2 unspecified atom stereocenters. The van der Waals surface area contributed by atoms with Gasteiger partial charge in [-0.3, -0.25) is 0 Å². The van der Waals surface area contributed by atoms with E-state index < -0.39 is 15.9 Å². The van der Waals surface area contributed by atoms with Crippen LogP contribution in [0.1, 0.15) is 24.3 Å². The molecule has 3 nitrogen and oxygen atoms in total. The molecule has 1 aromatic rings. The Bertz CT molecular complexity index is 511. The van der Waals surface area contributed by atoms with Crippen molar-refractivity contribution < 1.29 is 13.5 Å². The highest BCUT2D eigenvalue weighted by molar-refractivity contribution is 7.99. The van der Waals surface area contributed by atoms with E-state index in [-0.39, 0.29) is 11.7 Å². The first-order valence-corrected chi connectivity index (χ1v) is 9.09. The molecule has 1 heterocycles. The molecule has 0 aliphatic carbocycles. The molecule has 0 radical (unpaired) electrons. The van der Waals surface area contributed by atoms with Gasteiger partial charge in [0, 0.05) is 28.6 Å². The van der Waals surface area contributed by atoms with Crippen LogP contribution in [0.25, 0.3) is 0 Å².